The monoisotopic (exact) mass is 387 g/mol. The number of alkyl halides is 2. The third-order valence-corrected chi connectivity index (χ3v) is 4.79. The highest BCUT2D eigenvalue weighted by molar-refractivity contribution is 7.99. The second kappa shape index (κ2) is 10.00. The molecule has 0 spiro atoms. The van der Waals surface area contributed by atoms with E-state index in [0.717, 1.165) is 4.88 Å². The summed E-state index contributed by atoms with van der Waals surface area (Å²) in [6, 6.07) is 9.34. The van der Waals surface area contributed by atoms with E-state index in [-0.39, 0.29) is 11.5 Å². The van der Waals surface area contributed by atoms with Gasteiger partial charge in [0.25, 0.3) is 5.91 Å². The van der Waals surface area contributed by atoms with Crippen molar-refractivity contribution in [2.24, 2.45) is 0 Å². The normalized spacial score (nSPS) is 10.5. The number of carbonyl (C=O) groups is 2. The minimum Gasteiger partial charge on any atom is -0.455 e. The van der Waals surface area contributed by atoms with Crippen molar-refractivity contribution < 1.29 is 27.8 Å². The number of hydrogen-bond donors (Lipinski definition) is 1. The Bertz CT molecular complexity index is 678. The molecule has 0 saturated heterocycles. The van der Waals surface area contributed by atoms with Gasteiger partial charge >= 0.3 is 12.6 Å². The van der Waals surface area contributed by atoms with E-state index in [0.29, 0.717) is 11.4 Å². The SMILES string of the molecule is O=C(COC(=O)CSCc1cccs1)Nc1ccc(OC(F)F)cc1. The molecular formula is C16H15F2NO4S2. The van der Waals surface area contributed by atoms with E-state index in [1.807, 2.05) is 17.5 Å². The highest BCUT2D eigenvalue weighted by Crippen LogP contribution is 2.18. The summed E-state index contributed by atoms with van der Waals surface area (Å²) in [7, 11) is 0. The van der Waals surface area contributed by atoms with Gasteiger partial charge in [0.1, 0.15) is 5.75 Å². The van der Waals surface area contributed by atoms with Crippen molar-refractivity contribution in [2.45, 2.75) is 12.4 Å². The molecule has 0 aliphatic carbocycles. The first-order valence-corrected chi connectivity index (χ1v) is 9.17. The smallest absolute Gasteiger partial charge is 0.387 e. The predicted molar refractivity (Wildman–Crippen MR) is 93.1 cm³/mol. The molecule has 0 fully saturated rings. The van der Waals surface area contributed by atoms with Crippen molar-refractivity contribution in [3.63, 3.8) is 0 Å². The maximum absolute atomic E-state index is 12.0. The molecule has 0 aliphatic rings. The van der Waals surface area contributed by atoms with Crippen molar-refractivity contribution in [3.05, 3.63) is 46.7 Å². The summed E-state index contributed by atoms with van der Waals surface area (Å²) in [5, 5.41) is 4.45. The minimum absolute atomic E-state index is 0.0119. The Balaban J connectivity index is 1.65. The Morgan fingerprint density at radius 2 is 1.96 bits per heavy atom. The van der Waals surface area contributed by atoms with E-state index < -0.39 is 25.1 Å². The summed E-state index contributed by atoms with van der Waals surface area (Å²) in [6.45, 7) is -3.31. The summed E-state index contributed by atoms with van der Waals surface area (Å²) < 4.78 is 33.1. The van der Waals surface area contributed by atoms with Crippen molar-refractivity contribution >= 4 is 40.7 Å². The lowest BCUT2D eigenvalue weighted by Crippen LogP contribution is -2.21. The van der Waals surface area contributed by atoms with Crippen molar-refractivity contribution in [1.29, 1.82) is 0 Å². The quantitative estimate of drug-likeness (QED) is 0.664. The second-order valence-corrected chi connectivity index (χ2v) is 6.70. The zero-order chi connectivity index (χ0) is 18.1. The molecule has 1 heterocycles. The number of ether oxygens (including phenoxy) is 2. The van der Waals surface area contributed by atoms with Crippen LogP contribution in [-0.2, 0) is 20.1 Å². The largest absolute Gasteiger partial charge is 0.455 e. The van der Waals surface area contributed by atoms with E-state index in [1.54, 1.807) is 11.3 Å². The van der Waals surface area contributed by atoms with E-state index >= 15 is 0 Å². The van der Waals surface area contributed by atoms with Gasteiger partial charge in [0.2, 0.25) is 0 Å². The molecule has 134 valence electrons. The molecule has 1 amide bonds. The first-order chi connectivity index (χ1) is 12.0. The minimum atomic E-state index is -2.91. The molecule has 0 atom stereocenters. The molecule has 0 radical (unpaired) electrons. The summed E-state index contributed by atoms with van der Waals surface area (Å²) in [5.74, 6) is -0.129. The van der Waals surface area contributed by atoms with Crippen LogP contribution in [0.5, 0.6) is 5.75 Å². The fourth-order valence-corrected chi connectivity index (χ4v) is 3.39. The van der Waals surface area contributed by atoms with Gasteiger partial charge in [0.05, 0.1) is 5.75 Å². The maximum Gasteiger partial charge on any atom is 0.387 e. The third kappa shape index (κ3) is 7.53. The lowest BCUT2D eigenvalue weighted by molar-refractivity contribution is -0.144. The van der Waals surface area contributed by atoms with Crippen LogP contribution in [0.15, 0.2) is 41.8 Å². The molecule has 2 aromatic rings. The van der Waals surface area contributed by atoms with E-state index in [1.165, 1.54) is 36.0 Å². The van der Waals surface area contributed by atoms with E-state index in [2.05, 4.69) is 10.1 Å². The summed E-state index contributed by atoms with van der Waals surface area (Å²) >= 11 is 3.02. The van der Waals surface area contributed by atoms with Gasteiger partial charge in [-0.15, -0.1) is 23.1 Å². The maximum atomic E-state index is 12.0. The number of carbonyl (C=O) groups excluding carboxylic acids is 2. The molecule has 9 heteroatoms. The number of thiophene rings is 1. The van der Waals surface area contributed by atoms with Crippen molar-refractivity contribution in [3.8, 4) is 5.75 Å². The number of rotatable bonds is 9. The Labute approximate surface area is 151 Å². The zero-order valence-electron chi connectivity index (χ0n) is 12.9. The third-order valence-electron chi connectivity index (χ3n) is 2.77. The molecule has 0 aliphatic heterocycles. The van der Waals surface area contributed by atoms with Gasteiger partial charge in [-0.2, -0.15) is 8.78 Å². The summed E-state index contributed by atoms with van der Waals surface area (Å²) in [4.78, 5) is 24.4. The fourth-order valence-electron chi connectivity index (χ4n) is 1.73. The van der Waals surface area contributed by atoms with Crippen LogP contribution < -0.4 is 10.1 Å². The molecule has 25 heavy (non-hydrogen) atoms. The Kier molecular flexibility index (Phi) is 7.68. The van der Waals surface area contributed by atoms with Crippen molar-refractivity contribution in [2.75, 3.05) is 17.7 Å². The average molecular weight is 387 g/mol. The first kappa shape index (κ1) is 19.2. The van der Waals surface area contributed by atoms with Gasteiger partial charge in [0.15, 0.2) is 6.61 Å². The molecule has 0 saturated carbocycles. The highest BCUT2D eigenvalue weighted by Gasteiger charge is 2.09. The molecule has 1 N–H and O–H groups in total. The molecule has 1 aromatic carbocycles. The highest BCUT2D eigenvalue weighted by atomic mass is 32.2. The lowest BCUT2D eigenvalue weighted by Gasteiger charge is -2.08. The molecule has 1 aromatic heterocycles. The Hall–Kier alpha value is -2.13. The van der Waals surface area contributed by atoms with Gasteiger partial charge < -0.3 is 14.8 Å². The number of nitrogens with one attached hydrogen (secondary N) is 1. The van der Waals surface area contributed by atoms with Crippen LogP contribution in [-0.4, -0.2) is 30.8 Å². The molecule has 0 bridgehead atoms. The van der Waals surface area contributed by atoms with Gasteiger partial charge in [-0.05, 0) is 35.7 Å². The Morgan fingerprint density at radius 3 is 2.60 bits per heavy atom. The molecule has 5 nitrogen and oxygen atoms in total. The number of anilines is 1. The molecule has 0 unspecified atom stereocenters. The summed E-state index contributed by atoms with van der Waals surface area (Å²) in [5.41, 5.74) is 0.384. The molecular weight excluding hydrogens is 372 g/mol. The molecule has 2 rings (SSSR count). The predicted octanol–water partition coefficient (Wildman–Crippen LogP) is 3.76. The van der Waals surface area contributed by atoms with Gasteiger partial charge in [-0.25, -0.2) is 0 Å². The topological polar surface area (TPSA) is 64.6 Å². The van der Waals surface area contributed by atoms with E-state index in [9.17, 15) is 18.4 Å². The van der Waals surface area contributed by atoms with Gasteiger partial charge in [-0.3, -0.25) is 9.59 Å². The fraction of sp³-hybridized carbons (Fsp3) is 0.250. The van der Waals surface area contributed by atoms with Crippen LogP contribution in [0.25, 0.3) is 0 Å². The standard InChI is InChI=1S/C16H15F2NO4S2/c17-16(18)23-12-5-3-11(4-6-12)19-14(20)8-22-15(21)10-24-9-13-2-1-7-25-13/h1-7,16H,8-10H2,(H,19,20). The van der Waals surface area contributed by atoms with Gasteiger partial charge in [0, 0.05) is 16.3 Å². The summed E-state index contributed by atoms with van der Waals surface area (Å²) in [6.07, 6.45) is 0. The Morgan fingerprint density at radius 1 is 1.20 bits per heavy atom. The number of hydrogen-bond acceptors (Lipinski definition) is 6. The lowest BCUT2D eigenvalue weighted by atomic mass is 10.3. The van der Waals surface area contributed by atoms with Crippen LogP contribution in [0.4, 0.5) is 14.5 Å². The number of halogens is 2. The van der Waals surface area contributed by atoms with Crippen molar-refractivity contribution in [1.82, 2.24) is 0 Å². The number of benzene rings is 1. The number of amides is 1. The van der Waals surface area contributed by atoms with E-state index in [4.69, 9.17) is 4.74 Å². The van der Waals surface area contributed by atoms with Crippen LogP contribution in [0.1, 0.15) is 4.88 Å². The first-order valence-electron chi connectivity index (χ1n) is 7.13. The number of esters is 1. The zero-order valence-corrected chi connectivity index (χ0v) is 14.6. The van der Waals surface area contributed by atoms with Crippen LogP contribution in [0.3, 0.4) is 0 Å². The number of thioether (sulfide) groups is 1. The second-order valence-electron chi connectivity index (χ2n) is 4.68. The average Bonchev–Trinajstić information content (AvgIpc) is 3.08. The van der Waals surface area contributed by atoms with Crippen LogP contribution >= 0.6 is 23.1 Å². The van der Waals surface area contributed by atoms with Crippen LogP contribution in [0, 0.1) is 0 Å². The van der Waals surface area contributed by atoms with Gasteiger partial charge in [-0.1, -0.05) is 6.07 Å². The van der Waals surface area contributed by atoms with Crippen LogP contribution in [0.2, 0.25) is 0 Å².